The monoisotopic (exact) mass is 233 g/mol. The zero-order valence-electron chi connectivity index (χ0n) is 10.1. The predicted octanol–water partition coefficient (Wildman–Crippen LogP) is 4.18. The van der Waals surface area contributed by atoms with E-state index in [2.05, 4.69) is 0 Å². The lowest BCUT2D eigenvalue weighted by Gasteiger charge is -2.15. The van der Waals surface area contributed by atoms with Gasteiger partial charge < -0.3 is 5.73 Å². The first-order chi connectivity index (χ1) is 7.36. The van der Waals surface area contributed by atoms with Crippen LogP contribution in [0, 0.1) is 6.92 Å². The fourth-order valence-corrected chi connectivity index (χ4v) is 1.57. The minimum absolute atomic E-state index is 0.189. The molecule has 0 aliphatic rings. The van der Waals surface area contributed by atoms with E-state index >= 15 is 0 Å². The molecule has 0 radical (unpaired) electrons. The predicted molar refractivity (Wildman–Crippen MR) is 61.3 cm³/mol. The van der Waals surface area contributed by atoms with Crippen molar-refractivity contribution in [3.8, 4) is 0 Å². The van der Waals surface area contributed by atoms with E-state index < -0.39 is 11.7 Å². The van der Waals surface area contributed by atoms with Crippen LogP contribution in [0.2, 0.25) is 0 Å². The number of aryl methyl sites for hydroxylation is 2. The Kier molecular flexibility index (Phi) is 5.35. The number of nitrogen functional groups attached to an aromatic ring is 1. The van der Waals surface area contributed by atoms with Crippen LogP contribution in [-0.4, -0.2) is 0 Å². The van der Waals surface area contributed by atoms with Gasteiger partial charge in [0.15, 0.2) is 0 Å². The molecular weight excluding hydrogens is 215 g/mol. The fraction of sp³-hybridized carbons (Fsp3) is 0.500. The molecule has 0 saturated heterocycles. The molecule has 1 aromatic carbocycles. The second kappa shape index (κ2) is 5.77. The highest BCUT2D eigenvalue weighted by molar-refractivity contribution is 5.50. The highest BCUT2D eigenvalue weighted by Crippen LogP contribution is 2.35. The van der Waals surface area contributed by atoms with E-state index in [1.807, 2.05) is 13.8 Å². The Bertz CT molecular complexity index is 343. The molecule has 0 amide bonds. The molecule has 1 nitrogen and oxygen atoms in total. The normalized spacial score (nSPS) is 10.7. The van der Waals surface area contributed by atoms with E-state index in [9.17, 15) is 13.2 Å². The Morgan fingerprint density at radius 3 is 2.06 bits per heavy atom. The lowest BCUT2D eigenvalue weighted by molar-refractivity contribution is -0.138. The molecule has 0 fully saturated rings. The van der Waals surface area contributed by atoms with Gasteiger partial charge in [0.05, 0.1) is 5.56 Å². The van der Waals surface area contributed by atoms with Crippen LogP contribution in [-0.2, 0) is 12.6 Å². The number of anilines is 1. The molecule has 0 aromatic heterocycles. The molecule has 0 spiro atoms. The average Bonchev–Trinajstić information content (AvgIpc) is 2.17. The van der Waals surface area contributed by atoms with E-state index in [0.29, 0.717) is 12.1 Å². The molecule has 4 heteroatoms. The van der Waals surface area contributed by atoms with Crippen LogP contribution < -0.4 is 5.73 Å². The summed E-state index contributed by atoms with van der Waals surface area (Å²) in [6, 6.07) is 2.73. The zero-order valence-corrected chi connectivity index (χ0v) is 10.1. The summed E-state index contributed by atoms with van der Waals surface area (Å²) >= 11 is 0. The van der Waals surface area contributed by atoms with Crippen LogP contribution in [0.15, 0.2) is 12.1 Å². The molecule has 1 rings (SSSR count). The van der Waals surface area contributed by atoms with Crippen LogP contribution in [0.5, 0.6) is 0 Å². The minimum Gasteiger partial charge on any atom is -0.399 e. The third-order valence-corrected chi connectivity index (χ3v) is 2.10. The minimum atomic E-state index is -4.29. The number of halogens is 3. The molecule has 92 valence electrons. The summed E-state index contributed by atoms with van der Waals surface area (Å²) in [5, 5.41) is 0. The molecule has 0 bridgehead atoms. The third-order valence-electron chi connectivity index (χ3n) is 2.10. The Hall–Kier alpha value is -1.19. The van der Waals surface area contributed by atoms with Gasteiger partial charge in [0.2, 0.25) is 0 Å². The molecule has 1 aromatic rings. The quantitative estimate of drug-likeness (QED) is 0.723. The van der Waals surface area contributed by atoms with E-state index in [4.69, 9.17) is 5.73 Å². The van der Waals surface area contributed by atoms with E-state index in [1.54, 1.807) is 6.92 Å². The van der Waals surface area contributed by atoms with Gasteiger partial charge in [-0.05, 0) is 36.6 Å². The molecule has 0 aliphatic heterocycles. The van der Waals surface area contributed by atoms with Gasteiger partial charge >= 0.3 is 6.18 Å². The van der Waals surface area contributed by atoms with Gasteiger partial charge in [-0.3, -0.25) is 0 Å². The Morgan fingerprint density at radius 2 is 1.69 bits per heavy atom. The molecule has 0 unspecified atom stereocenters. The smallest absolute Gasteiger partial charge is 0.399 e. The van der Waals surface area contributed by atoms with Gasteiger partial charge in [0.25, 0.3) is 0 Å². The Balaban J connectivity index is 0.00000106. The zero-order chi connectivity index (χ0) is 12.9. The topological polar surface area (TPSA) is 26.0 Å². The van der Waals surface area contributed by atoms with Crippen LogP contribution in [0.4, 0.5) is 18.9 Å². The van der Waals surface area contributed by atoms with Crippen LogP contribution >= 0.6 is 0 Å². The van der Waals surface area contributed by atoms with Gasteiger partial charge in [0.1, 0.15) is 0 Å². The fourth-order valence-electron chi connectivity index (χ4n) is 1.57. The van der Waals surface area contributed by atoms with Gasteiger partial charge in [-0.2, -0.15) is 13.2 Å². The van der Waals surface area contributed by atoms with E-state index in [0.717, 1.165) is 0 Å². The Morgan fingerprint density at radius 1 is 1.19 bits per heavy atom. The van der Waals surface area contributed by atoms with Crippen molar-refractivity contribution >= 4 is 5.69 Å². The number of alkyl halides is 3. The summed E-state index contributed by atoms with van der Waals surface area (Å²) in [5.41, 5.74) is 5.76. The number of rotatable bonds is 1. The molecule has 0 heterocycles. The number of benzene rings is 1. The largest absolute Gasteiger partial charge is 0.416 e. The Labute approximate surface area is 94.5 Å². The molecular formula is C12H18F3N. The first kappa shape index (κ1) is 14.8. The highest BCUT2D eigenvalue weighted by atomic mass is 19.4. The maximum absolute atomic E-state index is 12.6. The highest BCUT2D eigenvalue weighted by Gasteiger charge is 2.34. The van der Waals surface area contributed by atoms with E-state index in [1.165, 1.54) is 19.1 Å². The standard InChI is InChI=1S/C10H12F3N.C2H6/c1-3-7-5-8(14)4-6(2)9(7)10(11,12)13;1-2/h4-5H,3,14H2,1-2H3;1-2H3. The van der Waals surface area contributed by atoms with Crippen molar-refractivity contribution in [1.29, 1.82) is 0 Å². The molecule has 16 heavy (non-hydrogen) atoms. The summed E-state index contributed by atoms with van der Waals surface area (Å²) in [5.74, 6) is 0. The lowest BCUT2D eigenvalue weighted by Crippen LogP contribution is -2.12. The summed E-state index contributed by atoms with van der Waals surface area (Å²) < 4.78 is 37.8. The molecule has 0 saturated carbocycles. The van der Waals surface area contributed by atoms with Crippen molar-refractivity contribution < 1.29 is 13.2 Å². The van der Waals surface area contributed by atoms with Crippen LogP contribution in [0.3, 0.4) is 0 Å². The number of nitrogens with two attached hydrogens (primary N) is 1. The number of hydrogen-bond donors (Lipinski definition) is 1. The number of hydrogen-bond acceptors (Lipinski definition) is 1. The van der Waals surface area contributed by atoms with Gasteiger partial charge in [-0.15, -0.1) is 0 Å². The average molecular weight is 233 g/mol. The third kappa shape index (κ3) is 3.43. The van der Waals surface area contributed by atoms with Crippen molar-refractivity contribution in [3.63, 3.8) is 0 Å². The van der Waals surface area contributed by atoms with E-state index in [-0.39, 0.29) is 11.1 Å². The summed E-state index contributed by atoms with van der Waals surface area (Å²) in [6.07, 6.45) is -3.95. The first-order valence-electron chi connectivity index (χ1n) is 5.32. The van der Waals surface area contributed by atoms with Crippen molar-refractivity contribution in [2.75, 3.05) is 5.73 Å². The van der Waals surface area contributed by atoms with Crippen molar-refractivity contribution in [2.45, 2.75) is 40.3 Å². The summed E-state index contributed by atoms with van der Waals surface area (Å²) in [6.45, 7) is 7.11. The van der Waals surface area contributed by atoms with Crippen molar-refractivity contribution in [2.24, 2.45) is 0 Å². The lowest BCUT2D eigenvalue weighted by atomic mass is 9.98. The maximum Gasteiger partial charge on any atom is 0.416 e. The maximum atomic E-state index is 12.6. The van der Waals surface area contributed by atoms with Gasteiger partial charge in [-0.25, -0.2) is 0 Å². The molecule has 0 atom stereocenters. The van der Waals surface area contributed by atoms with Crippen LogP contribution in [0.1, 0.15) is 37.5 Å². The molecule has 0 aliphatic carbocycles. The molecule has 2 N–H and O–H groups in total. The second-order valence-electron chi connectivity index (χ2n) is 3.22. The summed E-state index contributed by atoms with van der Waals surface area (Å²) in [7, 11) is 0. The van der Waals surface area contributed by atoms with Crippen molar-refractivity contribution in [1.82, 2.24) is 0 Å². The SMILES string of the molecule is CC.CCc1cc(N)cc(C)c1C(F)(F)F. The van der Waals surface area contributed by atoms with Crippen molar-refractivity contribution in [3.05, 3.63) is 28.8 Å². The second-order valence-corrected chi connectivity index (χ2v) is 3.22. The van der Waals surface area contributed by atoms with Gasteiger partial charge in [-0.1, -0.05) is 20.8 Å². The first-order valence-corrected chi connectivity index (χ1v) is 5.32. The van der Waals surface area contributed by atoms with Crippen LogP contribution in [0.25, 0.3) is 0 Å². The summed E-state index contributed by atoms with van der Waals surface area (Å²) in [4.78, 5) is 0. The van der Waals surface area contributed by atoms with Gasteiger partial charge in [0, 0.05) is 5.69 Å².